The third-order valence-corrected chi connectivity index (χ3v) is 8.41. The maximum Gasteiger partial charge on any atom is 0.258 e. The van der Waals surface area contributed by atoms with Gasteiger partial charge in [0.15, 0.2) is 5.03 Å². The second-order valence-corrected chi connectivity index (χ2v) is 10.5. The molecule has 0 amide bonds. The smallest absolute Gasteiger partial charge is 0.258 e. The molecule has 1 N–H and O–H groups in total. The second-order valence-electron chi connectivity index (χ2n) is 8.80. The van der Waals surface area contributed by atoms with Crippen LogP contribution >= 0.6 is 0 Å². The van der Waals surface area contributed by atoms with E-state index in [1.807, 2.05) is 30.3 Å². The molecule has 1 aromatic carbocycles. The van der Waals surface area contributed by atoms with Crippen LogP contribution in [0.1, 0.15) is 24.4 Å². The summed E-state index contributed by atoms with van der Waals surface area (Å²) in [6.07, 6.45) is 7.30. The minimum absolute atomic E-state index is 0.0193. The number of aromatic nitrogens is 2. The zero-order valence-electron chi connectivity index (χ0n) is 18.6. The molecule has 3 aromatic rings. The van der Waals surface area contributed by atoms with Crippen molar-refractivity contribution in [2.24, 2.45) is 11.8 Å². The number of hydrogen-bond donors (Lipinski definition) is 1. The summed E-state index contributed by atoms with van der Waals surface area (Å²) in [5.41, 5.74) is 1.70. The van der Waals surface area contributed by atoms with E-state index in [0.29, 0.717) is 17.6 Å². The first-order valence-electron chi connectivity index (χ1n) is 11.2. The average molecular weight is 465 g/mol. The highest BCUT2D eigenvalue weighted by molar-refractivity contribution is 7.89. The normalized spacial score (nSPS) is 25.6. The monoisotopic (exact) mass is 464 g/mol. The summed E-state index contributed by atoms with van der Waals surface area (Å²) in [5.74, 6) is 1.65. The van der Waals surface area contributed by atoms with Gasteiger partial charge in [-0.05, 0) is 73.2 Å². The summed E-state index contributed by atoms with van der Waals surface area (Å²) >= 11 is 0. The zero-order chi connectivity index (χ0) is 23.0. The van der Waals surface area contributed by atoms with Gasteiger partial charge in [0.1, 0.15) is 5.75 Å². The molecule has 8 heteroatoms. The fourth-order valence-corrected chi connectivity index (χ4v) is 6.55. The standard InChI is InChI=1S/C25H28N4O3S/c1-3-17-16-29-13-10-18(17)14-23(29)25(28-33(30,31)24-6-4-5-11-27-24)20-9-12-26-22-8-7-19(32-2)15-21(20)22/h3-9,11-12,15,17-18,23,25,28H,1,10,13-14,16H2,2H3/t17?,18?,23?,25-/m0/s1. The number of benzene rings is 1. The molecule has 33 heavy (non-hydrogen) atoms. The summed E-state index contributed by atoms with van der Waals surface area (Å²) in [6.45, 7) is 5.87. The van der Waals surface area contributed by atoms with Crippen molar-refractivity contribution in [3.05, 3.63) is 73.1 Å². The third-order valence-electron chi connectivity index (χ3n) is 7.05. The van der Waals surface area contributed by atoms with Crippen molar-refractivity contribution in [1.82, 2.24) is 19.6 Å². The van der Waals surface area contributed by atoms with Gasteiger partial charge in [0.05, 0.1) is 18.7 Å². The van der Waals surface area contributed by atoms with Crippen molar-refractivity contribution in [2.45, 2.75) is 30.0 Å². The highest BCUT2D eigenvalue weighted by atomic mass is 32.2. The molecule has 2 bridgehead atoms. The van der Waals surface area contributed by atoms with E-state index in [1.54, 1.807) is 25.4 Å². The van der Waals surface area contributed by atoms with Gasteiger partial charge in [-0.1, -0.05) is 12.1 Å². The molecule has 0 aliphatic carbocycles. The Kier molecular flexibility index (Phi) is 5.90. The Hall–Kier alpha value is -2.81. The number of methoxy groups -OCH3 is 1. The molecular formula is C25H28N4O3S. The van der Waals surface area contributed by atoms with E-state index in [2.05, 4.69) is 26.2 Å². The van der Waals surface area contributed by atoms with Gasteiger partial charge in [0.2, 0.25) is 0 Å². The van der Waals surface area contributed by atoms with E-state index in [0.717, 1.165) is 42.4 Å². The van der Waals surface area contributed by atoms with Crippen molar-refractivity contribution in [3.8, 4) is 5.75 Å². The lowest BCUT2D eigenvalue weighted by atomic mass is 9.73. The Morgan fingerprint density at radius 3 is 2.79 bits per heavy atom. The largest absolute Gasteiger partial charge is 0.497 e. The Morgan fingerprint density at radius 2 is 2.09 bits per heavy atom. The summed E-state index contributed by atoms with van der Waals surface area (Å²) in [4.78, 5) is 11.0. The van der Waals surface area contributed by atoms with Crippen LogP contribution in [-0.4, -0.2) is 49.5 Å². The highest BCUT2D eigenvalue weighted by Crippen LogP contribution is 2.42. The van der Waals surface area contributed by atoms with Gasteiger partial charge in [0, 0.05) is 30.4 Å². The quantitative estimate of drug-likeness (QED) is 0.539. The van der Waals surface area contributed by atoms with Crippen molar-refractivity contribution in [3.63, 3.8) is 0 Å². The van der Waals surface area contributed by atoms with E-state index in [-0.39, 0.29) is 11.1 Å². The van der Waals surface area contributed by atoms with Crippen molar-refractivity contribution in [2.75, 3.05) is 20.2 Å². The van der Waals surface area contributed by atoms with E-state index >= 15 is 0 Å². The lowest BCUT2D eigenvalue weighted by molar-refractivity contribution is 0.00489. The predicted octanol–water partition coefficient (Wildman–Crippen LogP) is 3.55. The molecule has 0 spiro atoms. The average Bonchev–Trinajstić information content (AvgIpc) is 2.87. The molecule has 0 radical (unpaired) electrons. The summed E-state index contributed by atoms with van der Waals surface area (Å²) in [5, 5.41) is 0.902. The number of piperidine rings is 3. The minimum atomic E-state index is -3.84. The molecule has 5 heterocycles. The minimum Gasteiger partial charge on any atom is -0.497 e. The van der Waals surface area contributed by atoms with Gasteiger partial charge in [-0.2, -0.15) is 0 Å². The maximum atomic E-state index is 13.4. The molecule has 3 saturated heterocycles. The summed E-state index contributed by atoms with van der Waals surface area (Å²) in [6, 6.07) is 12.1. The Balaban J connectivity index is 1.61. The molecule has 7 nitrogen and oxygen atoms in total. The lowest BCUT2D eigenvalue weighted by Crippen LogP contribution is -2.57. The van der Waals surface area contributed by atoms with E-state index in [1.165, 1.54) is 12.3 Å². The topological polar surface area (TPSA) is 84.4 Å². The van der Waals surface area contributed by atoms with Crippen LogP contribution in [0.4, 0.5) is 0 Å². The van der Waals surface area contributed by atoms with E-state index in [4.69, 9.17) is 4.74 Å². The van der Waals surface area contributed by atoms with Crippen LogP contribution in [0.2, 0.25) is 0 Å². The molecule has 4 unspecified atom stereocenters. The lowest BCUT2D eigenvalue weighted by Gasteiger charge is -2.51. The fraction of sp³-hybridized carbons (Fsp3) is 0.360. The fourth-order valence-electron chi connectivity index (χ4n) is 5.35. The number of nitrogens with zero attached hydrogens (tertiary/aromatic N) is 3. The molecular weight excluding hydrogens is 436 g/mol. The van der Waals surface area contributed by atoms with Crippen LogP contribution in [0.25, 0.3) is 10.9 Å². The number of sulfonamides is 1. The molecule has 0 saturated carbocycles. The van der Waals surface area contributed by atoms with Gasteiger partial charge in [0.25, 0.3) is 10.0 Å². The van der Waals surface area contributed by atoms with Crippen LogP contribution in [0, 0.1) is 11.8 Å². The number of hydrogen-bond acceptors (Lipinski definition) is 6. The molecule has 172 valence electrons. The summed E-state index contributed by atoms with van der Waals surface area (Å²) < 4.78 is 35.3. The number of rotatable bonds is 7. The van der Waals surface area contributed by atoms with Crippen LogP contribution < -0.4 is 9.46 Å². The highest BCUT2D eigenvalue weighted by Gasteiger charge is 2.44. The molecule has 6 rings (SSSR count). The van der Waals surface area contributed by atoms with Gasteiger partial charge >= 0.3 is 0 Å². The van der Waals surface area contributed by atoms with Crippen LogP contribution in [-0.2, 0) is 10.0 Å². The van der Waals surface area contributed by atoms with Crippen LogP contribution in [0.15, 0.2) is 72.5 Å². The number of ether oxygens (including phenoxy) is 1. The Morgan fingerprint density at radius 1 is 1.21 bits per heavy atom. The second kappa shape index (κ2) is 8.85. The van der Waals surface area contributed by atoms with Crippen molar-refractivity contribution in [1.29, 1.82) is 0 Å². The number of nitrogens with one attached hydrogen (secondary N) is 1. The molecule has 3 aliphatic heterocycles. The SMILES string of the molecule is C=CC1CN2CCC1CC2[C@@H](NS(=O)(=O)c1ccccn1)c1ccnc2ccc(OC)cc12. The van der Waals surface area contributed by atoms with Gasteiger partial charge in [-0.25, -0.2) is 18.1 Å². The molecule has 2 aromatic heterocycles. The predicted molar refractivity (Wildman–Crippen MR) is 127 cm³/mol. The first kappa shape index (κ1) is 22.0. The molecule has 3 fully saturated rings. The first-order valence-corrected chi connectivity index (χ1v) is 12.7. The van der Waals surface area contributed by atoms with Crippen LogP contribution in [0.5, 0.6) is 5.75 Å². The van der Waals surface area contributed by atoms with Gasteiger partial charge < -0.3 is 4.74 Å². The number of fused-ring (bicyclic) bond motifs is 4. The maximum absolute atomic E-state index is 13.4. The summed E-state index contributed by atoms with van der Waals surface area (Å²) in [7, 11) is -2.21. The molecule has 5 atom stereocenters. The van der Waals surface area contributed by atoms with Crippen molar-refractivity contribution < 1.29 is 13.2 Å². The third kappa shape index (κ3) is 4.14. The Bertz CT molecular complexity index is 1270. The van der Waals surface area contributed by atoms with Gasteiger partial charge in [-0.3, -0.25) is 9.88 Å². The van der Waals surface area contributed by atoms with Gasteiger partial charge in [-0.15, -0.1) is 6.58 Å². The number of pyridine rings is 2. The first-order chi connectivity index (χ1) is 16.0. The zero-order valence-corrected chi connectivity index (χ0v) is 19.4. The van der Waals surface area contributed by atoms with E-state index in [9.17, 15) is 8.42 Å². The Labute approximate surface area is 194 Å². The van der Waals surface area contributed by atoms with E-state index < -0.39 is 16.1 Å². The van der Waals surface area contributed by atoms with Crippen LogP contribution in [0.3, 0.4) is 0 Å². The molecule has 3 aliphatic rings. The van der Waals surface area contributed by atoms with Crippen molar-refractivity contribution >= 4 is 20.9 Å².